The van der Waals surface area contributed by atoms with Gasteiger partial charge in [0.25, 0.3) is 0 Å². The molecule has 0 saturated heterocycles. The highest BCUT2D eigenvalue weighted by molar-refractivity contribution is 5.97. The van der Waals surface area contributed by atoms with Gasteiger partial charge >= 0.3 is 0 Å². The average Bonchev–Trinajstić information content (AvgIpc) is 3.04. The molecule has 4 rings (SSSR count). The fourth-order valence-corrected chi connectivity index (χ4v) is 3.26. The zero-order chi connectivity index (χ0) is 21.1. The Hall–Kier alpha value is -3.87. The predicted molar refractivity (Wildman–Crippen MR) is 113 cm³/mol. The van der Waals surface area contributed by atoms with E-state index in [2.05, 4.69) is 15.3 Å². The number of amides is 1. The zero-order valence-electron chi connectivity index (χ0n) is 16.5. The number of ether oxygens (including phenoxy) is 2. The van der Waals surface area contributed by atoms with Gasteiger partial charge in [-0.05, 0) is 67.1 Å². The zero-order valence-corrected chi connectivity index (χ0v) is 16.5. The van der Waals surface area contributed by atoms with Crippen molar-refractivity contribution in [1.29, 1.82) is 0 Å². The summed E-state index contributed by atoms with van der Waals surface area (Å²) < 4.78 is 24.6. The number of aryl methyl sites for hydroxylation is 1. The number of benzene rings is 2. The highest BCUT2D eigenvalue weighted by Gasteiger charge is 2.15. The molecule has 0 atom stereocenters. The van der Waals surface area contributed by atoms with Crippen molar-refractivity contribution >= 4 is 22.5 Å². The van der Waals surface area contributed by atoms with Gasteiger partial charge in [0.15, 0.2) is 0 Å². The van der Waals surface area contributed by atoms with Crippen LogP contribution in [0, 0.1) is 12.7 Å². The van der Waals surface area contributed by atoms with E-state index in [0.717, 1.165) is 16.8 Å². The summed E-state index contributed by atoms with van der Waals surface area (Å²) in [6, 6.07) is 15.0. The number of carbonyl (C=O) groups excluding carboxylic acids is 1. The molecular weight excluding hydrogens is 385 g/mol. The maximum atomic E-state index is 13.7. The number of nitrogens with zero attached hydrogens (tertiary/aromatic N) is 1. The van der Waals surface area contributed by atoms with Gasteiger partial charge in [0.05, 0.1) is 13.5 Å². The minimum absolute atomic E-state index is 0.0894. The van der Waals surface area contributed by atoms with Crippen LogP contribution in [0.25, 0.3) is 10.9 Å². The van der Waals surface area contributed by atoms with Crippen LogP contribution < -0.4 is 14.8 Å². The highest BCUT2D eigenvalue weighted by atomic mass is 19.1. The van der Waals surface area contributed by atoms with Crippen molar-refractivity contribution in [3.8, 4) is 17.4 Å². The van der Waals surface area contributed by atoms with Crippen molar-refractivity contribution in [2.24, 2.45) is 0 Å². The summed E-state index contributed by atoms with van der Waals surface area (Å²) in [6.07, 6.45) is 1.67. The summed E-state index contributed by atoms with van der Waals surface area (Å²) in [5.74, 6) is 0.953. The van der Waals surface area contributed by atoms with E-state index in [9.17, 15) is 9.18 Å². The molecule has 2 heterocycles. The summed E-state index contributed by atoms with van der Waals surface area (Å²) >= 11 is 0. The van der Waals surface area contributed by atoms with Crippen molar-refractivity contribution in [3.63, 3.8) is 0 Å². The van der Waals surface area contributed by atoms with Crippen LogP contribution in [-0.4, -0.2) is 23.0 Å². The third-order valence-electron chi connectivity index (χ3n) is 4.74. The molecule has 6 nitrogen and oxygen atoms in total. The van der Waals surface area contributed by atoms with Gasteiger partial charge in [0.2, 0.25) is 11.8 Å². The molecule has 4 aromatic rings. The second-order valence-electron chi connectivity index (χ2n) is 6.78. The van der Waals surface area contributed by atoms with Crippen LogP contribution in [0.4, 0.5) is 10.1 Å². The van der Waals surface area contributed by atoms with E-state index in [-0.39, 0.29) is 24.0 Å². The number of anilines is 1. The lowest BCUT2D eigenvalue weighted by atomic mass is 10.1. The van der Waals surface area contributed by atoms with Gasteiger partial charge < -0.3 is 19.8 Å². The average molecular weight is 405 g/mol. The van der Waals surface area contributed by atoms with Gasteiger partial charge in [-0.15, -0.1) is 0 Å². The Morgan fingerprint density at radius 2 is 1.90 bits per heavy atom. The lowest BCUT2D eigenvalue weighted by Gasteiger charge is -2.11. The van der Waals surface area contributed by atoms with Crippen LogP contribution in [0.5, 0.6) is 17.4 Å². The fourth-order valence-electron chi connectivity index (χ4n) is 3.26. The van der Waals surface area contributed by atoms with Crippen LogP contribution in [0.3, 0.4) is 0 Å². The Bertz CT molecular complexity index is 1200. The largest absolute Gasteiger partial charge is 0.497 e. The number of aromatic amines is 1. The first kappa shape index (κ1) is 19.4. The molecule has 1 amide bonds. The molecule has 0 spiro atoms. The molecule has 0 aliphatic rings. The van der Waals surface area contributed by atoms with E-state index in [4.69, 9.17) is 9.47 Å². The number of fused-ring (bicyclic) bond motifs is 1. The van der Waals surface area contributed by atoms with Gasteiger partial charge in [0.1, 0.15) is 23.0 Å². The highest BCUT2D eigenvalue weighted by Crippen LogP contribution is 2.29. The molecule has 2 aromatic carbocycles. The van der Waals surface area contributed by atoms with Crippen LogP contribution in [0.2, 0.25) is 0 Å². The summed E-state index contributed by atoms with van der Waals surface area (Å²) in [5.41, 5.74) is 2.82. The quantitative estimate of drug-likeness (QED) is 0.474. The summed E-state index contributed by atoms with van der Waals surface area (Å²) in [5, 5.41) is 3.54. The first-order valence-electron chi connectivity index (χ1n) is 9.37. The summed E-state index contributed by atoms with van der Waals surface area (Å²) in [4.78, 5) is 20.1. The number of H-pyrrole nitrogens is 1. The standard InChI is InChI=1S/C23H20FN3O3/c1-14-18(19-12-15(24)5-10-20(19)26-14)13-22(28)27-21-4-3-11-25-23(21)30-17-8-6-16(29-2)7-9-17/h3-12,26H,13H2,1-2H3,(H,27,28). The third kappa shape index (κ3) is 4.10. The number of nitrogens with one attached hydrogen (secondary N) is 2. The first-order valence-corrected chi connectivity index (χ1v) is 9.37. The van der Waals surface area contributed by atoms with E-state index in [1.54, 1.807) is 55.8 Å². The van der Waals surface area contributed by atoms with Crippen LogP contribution in [0.1, 0.15) is 11.3 Å². The van der Waals surface area contributed by atoms with E-state index >= 15 is 0 Å². The molecule has 2 N–H and O–H groups in total. The predicted octanol–water partition coefficient (Wildman–Crippen LogP) is 4.99. The van der Waals surface area contributed by atoms with Gasteiger partial charge in [-0.3, -0.25) is 4.79 Å². The Kier molecular flexibility index (Phi) is 5.34. The van der Waals surface area contributed by atoms with Crippen LogP contribution >= 0.6 is 0 Å². The number of rotatable bonds is 6. The van der Waals surface area contributed by atoms with Crippen molar-refractivity contribution in [2.75, 3.05) is 12.4 Å². The minimum Gasteiger partial charge on any atom is -0.497 e. The molecule has 0 radical (unpaired) electrons. The Balaban J connectivity index is 1.53. The first-order chi connectivity index (χ1) is 14.5. The second kappa shape index (κ2) is 8.24. The maximum Gasteiger partial charge on any atom is 0.243 e. The second-order valence-corrected chi connectivity index (χ2v) is 6.78. The number of hydrogen-bond donors (Lipinski definition) is 2. The van der Waals surface area contributed by atoms with Gasteiger partial charge in [-0.25, -0.2) is 9.37 Å². The molecule has 2 aromatic heterocycles. The summed E-state index contributed by atoms with van der Waals surface area (Å²) in [7, 11) is 1.59. The molecule has 7 heteroatoms. The fraction of sp³-hybridized carbons (Fsp3) is 0.130. The number of aromatic nitrogens is 2. The normalized spacial score (nSPS) is 10.8. The number of pyridine rings is 1. The number of halogens is 1. The topological polar surface area (TPSA) is 76.2 Å². The number of hydrogen-bond acceptors (Lipinski definition) is 4. The lowest BCUT2D eigenvalue weighted by molar-refractivity contribution is -0.115. The Morgan fingerprint density at radius 3 is 2.67 bits per heavy atom. The van der Waals surface area contributed by atoms with E-state index in [1.807, 2.05) is 6.92 Å². The SMILES string of the molecule is COc1ccc(Oc2ncccc2NC(=O)Cc2c(C)[nH]c3ccc(F)cc23)cc1. The molecule has 30 heavy (non-hydrogen) atoms. The molecule has 0 unspecified atom stereocenters. The van der Waals surface area contributed by atoms with Crippen molar-refractivity contribution in [1.82, 2.24) is 9.97 Å². The van der Waals surface area contributed by atoms with E-state index in [0.29, 0.717) is 22.6 Å². The molecule has 0 saturated carbocycles. The van der Waals surface area contributed by atoms with Crippen LogP contribution in [-0.2, 0) is 11.2 Å². The molecular formula is C23H20FN3O3. The van der Waals surface area contributed by atoms with Gasteiger partial charge in [-0.2, -0.15) is 0 Å². The van der Waals surface area contributed by atoms with Crippen molar-refractivity contribution in [3.05, 3.63) is 77.9 Å². The van der Waals surface area contributed by atoms with E-state index < -0.39 is 0 Å². The van der Waals surface area contributed by atoms with E-state index in [1.165, 1.54) is 12.1 Å². The van der Waals surface area contributed by atoms with Gasteiger partial charge in [-0.1, -0.05) is 0 Å². The molecule has 152 valence electrons. The van der Waals surface area contributed by atoms with Crippen LogP contribution in [0.15, 0.2) is 60.8 Å². The number of carbonyl (C=O) groups is 1. The molecule has 0 fully saturated rings. The molecule has 0 aliphatic heterocycles. The monoisotopic (exact) mass is 405 g/mol. The number of methoxy groups -OCH3 is 1. The smallest absolute Gasteiger partial charge is 0.243 e. The Morgan fingerprint density at radius 1 is 1.13 bits per heavy atom. The van der Waals surface area contributed by atoms with Crippen molar-refractivity contribution < 1.29 is 18.7 Å². The van der Waals surface area contributed by atoms with Gasteiger partial charge in [0, 0.05) is 22.8 Å². The Labute approximate surface area is 172 Å². The molecule has 0 bridgehead atoms. The minimum atomic E-state index is -0.342. The molecule has 0 aliphatic carbocycles. The maximum absolute atomic E-state index is 13.7. The lowest BCUT2D eigenvalue weighted by Crippen LogP contribution is -2.15. The third-order valence-corrected chi connectivity index (χ3v) is 4.74. The summed E-state index contributed by atoms with van der Waals surface area (Å²) in [6.45, 7) is 1.86. The van der Waals surface area contributed by atoms with Crippen molar-refractivity contribution in [2.45, 2.75) is 13.3 Å².